The van der Waals surface area contributed by atoms with Crippen LogP contribution in [0.2, 0.25) is 0 Å². The van der Waals surface area contributed by atoms with Gasteiger partial charge in [-0.3, -0.25) is 4.79 Å². The molecule has 0 amide bonds. The molecule has 0 radical (unpaired) electrons. The molecule has 0 unspecified atom stereocenters. The van der Waals surface area contributed by atoms with E-state index >= 15 is 0 Å². The molecule has 29 heavy (non-hydrogen) atoms. The zero-order chi connectivity index (χ0) is 21.0. The highest BCUT2D eigenvalue weighted by Crippen LogP contribution is 2.17. The fourth-order valence-corrected chi connectivity index (χ4v) is 2.55. The normalized spacial score (nSPS) is 10.2. The van der Waals surface area contributed by atoms with Crippen molar-refractivity contribution >= 4 is 23.7 Å². The third-order valence-corrected chi connectivity index (χ3v) is 4.07. The first-order valence-corrected chi connectivity index (χ1v) is 8.39. The number of esters is 1. The van der Waals surface area contributed by atoms with Gasteiger partial charge in [0.05, 0.1) is 16.7 Å². The quantitative estimate of drug-likeness (QED) is 0.375. The molecule has 7 heteroatoms. The van der Waals surface area contributed by atoms with Crippen LogP contribution in [-0.4, -0.2) is 33.9 Å². The fourth-order valence-electron chi connectivity index (χ4n) is 2.55. The molecule has 7 nitrogen and oxygen atoms in total. The summed E-state index contributed by atoms with van der Waals surface area (Å²) in [5, 5.41) is 17.8. The smallest absolute Gasteiger partial charge is 0.343 e. The van der Waals surface area contributed by atoms with E-state index in [-0.39, 0.29) is 39.4 Å². The van der Waals surface area contributed by atoms with E-state index in [1.54, 1.807) is 0 Å². The molecule has 0 fully saturated rings. The molecule has 0 spiro atoms. The van der Waals surface area contributed by atoms with Gasteiger partial charge in [-0.15, -0.1) is 0 Å². The maximum atomic E-state index is 12.6. The molecule has 0 atom stereocenters. The lowest BCUT2D eigenvalue weighted by atomic mass is 10.0. The molecule has 0 bridgehead atoms. The Bertz CT molecular complexity index is 1100. The number of benzene rings is 3. The van der Waals surface area contributed by atoms with Crippen LogP contribution < -0.4 is 4.74 Å². The first-order valence-electron chi connectivity index (χ1n) is 8.39. The summed E-state index contributed by atoms with van der Waals surface area (Å²) < 4.78 is 5.21. The Hall–Kier alpha value is -4.26. The standard InChI is InChI=1S/C22H14O7/c23-19(13-4-6-14(7-5-13)20(24)25)16-2-1-3-17(12-16)22(28)29-18-10-8-15(9-11-18)21(26)27/h1-12H,(H,24,25)(H,26,27). The summed E-state index contributed by atoms with van der Waals surface area (Å²) in [5.41, 5.74) is 0.785. The molecular weight excluding hydrogens is 376 g/mol. The van der Waals surface area contributed by atoms with Crippen molar-refractivity contribution in [3.8, 4) is 5.75 Å². The molecule has 0 saturated carbocycles. The van der Waals surface area contributed by atoms with Gasteiger partial charge in [0, 0.05) is 11.1 Å². The third-order valence-electron chi connectivity index (χ3n) is 4.07. The predicted octanol–water partition coefficient (Wildman–Crippen LogP) is 3.53. The highest BCUT2D eigenvalue weighted by atomic mass is 16.5. The second-order valence-electron chi connectivity index (χ2n) is 6.01. The molecule has 3 aromatic carbocycles. The average Bonchev–Trinajstić information content (AvgIpc) is 2.73. The summed E-state index contributed by atoms with van der Waals surface area (Å²) in [5.74, 6) is -3.09. The van der Waals surface area contributed by atoms with E-state index in [1.165, 1.54) is 72.8 Å². The summed E-state index contributed by atoms with van der Waals surface area (Å²) >= 11 is 0. The number of aromatic carboxylic acids is 2. The maximum absolute atomic E-state index is 12.6. The predicted molar refractivity (Wildman–Crippen MR) is 102 cm³/mol. The van der Waals surface area contributed by atoms with E-state index in [2.05, 4.69) is 0 Å². The fraction of sp³-hybridized carbons (Fsp3) is 0. The van der Waals surface area contributed by atoms with Crippen LogP contribution in [0.4, 0.5) is 0 Å². The van der Waals surface area contributed by atoms with Crippen molar-refractivity contribution in [2.45, 2.75) is 0 Å². The van der Waals surface area contributed by atoms with Crippen LogP contribution >= 0.6 is 0 Å². The number of carboxylic acid groups (broad SMARTS) is 2. The Morgan fingerprint density at radius 2 is 1.07 bits per heavy atom. The SMILES string of the molecule is O=C(O)c1ccc(OC(=O)c2cccc(C(=O)c3ccc(C(=O)O)cc3)c2)cc1. The molecule has 0 aliphatic rings. The van der Waals surface area contributed by atoms with Crippen molar-refractivity contribution in [2.24, 2.45) is 0 Å². The Labute approximate surface area is 164 Å². The number of hydrogen-bond donors (Lipinski definition) is 2. The van der Waals surface area contributed by atoms with Crippen LogP contribution in [0.5, 0.6) is 5.75 Å². The highest BCUT2D eigenvalue weighted by molar-refractivity contribution is 6.10. The molecule has 0 aliphatic heterocycles. The zero-order valence-electron chi connectivity index (χ0n) is 14.9. The lowest BCUT2D eigenvalue weighted by molar-refractivity contribution is 0.0685. The van der Waals surface area contributed by atoms with Gasteiger partial charge in [0.1, 0.15) is 5.75 Å². The molecule has 0 aromatic heterocycles. The van der Waals surface area contributed by atoms with Gasteiger partial charge in [-0.05, 0) is 48.5 Å². The van der Waals surface area contributed by atoms with E-state index in [4.69, 9.17) is 14.9 Å². The topological polar surface area (TPSA) is 118 Å². The van der Waals surface area contributed by atoms with E-state index in [1.807, 2.05) is 0 Å². The first kappa shape index (κ1) is 19.5. The van der Waals surface area contributed by atoms with E-state index in [9.17, 15) is 19.2 Å². The van der Waals surface area contributed by atoms with Gasteiger partial charge >= 0.3 is 17.9 Å². The first-order chi connectivity index (χ1) is 13.8. The minimum atomic E-state index is -1.09. The van der Waals surface area contributed by atoms with Crippen molar-refractivity contribution in [3.63, 3.8) is 0 Å². The summed E-state index contributed by atoms with van der Waals surface area (Å²) in [7, 11) is 0. The molecule has 0 aliphatic carbocycles. The second kappa shape index (κ2) is 8.18. The highest BCUT2D eigenvalue weighted by Gasteiger charge is 2.15. The monoisotopic (exact) mass is 390 g/mol. The molecule has 144 valence electrons. The van der Waals surface area contributed by atoms with Crippen LogP contribution in [-0.2, 0) is 0 Å². The van der Waals surface area contributed by atoms with Crippen molar-refractivity contribution in [2.75, 3.05) is 0 Å². The number of carboxylic acids is 2. The van der Waals surface area contributed by atoms with Crippen molar-refractivity contribution < 1.29 is 34.1 Å². The zero-order valence-corrected chi connectivity index (χ0v) is 14.9. The number of rotatable bonds is 6. The Morgan fingerprint density at radius 3 is 1.62 bits per heavy atom. The Balaban J connectivity index is 1.77. The minimum absolute atomic E-state index is 0.0614. The van der Waals surface area contributed by atoms with E-state index in [0.29, 0.717) is 0 Å². The van der Waals surface area contributed by atoms with Crippen LogP contribution in [0, 0.1) is 0 Å². The van der Waals surface area contributed by atoms with E-state index in [0.717, 1.165) is 0 Å². The van der Waals surface area contributed by atoms with Crippen molar-refractivity contribution in [1.29, 1.82) is 0 Å². The molecule has 3 aromatic rings. The third kappa shape index (κ3) is 4.54. The lowest BCUT2D eigenvalue weighted by Gasteiger charge is -2.07. The maximum Gasteiger partial charge on any atom is 0.343 e. The number of carbonyl (C=O) groups is 4. The van der Waals surface area contributed by atoms with Crippen LogP contribution in [0.3, 0.4) is 0 Å². The summed E-state index contributed by atoms with van der Waals surface area (Å²) in [4.78, 5) is 46.7. The minimum Gasteiger partial charge on any atom is -0.478 e. The van der Waals surface area contributed by atoms with Crippen LogP contribution in [0.15, 0.2) is 72.8 Å². The van der Waals surface area contributed by atoms with Gasteiger partial charge in [0.2, 0.25) is 0 Å². The summed E-state index contributed by atoms with van der Waals surface area (Å²) in [6, 6.07) is 16.7. The van der Waals surface area contributed by atoms with Gasteiger partial charge in [-0.2, -0.15) is 0 Å². The average molecular weight is 390 g/mol. The molecule has 0 heterocycles. The Kier molecular flexibility index (Phi) is 5.50. The number of hydrogen-bond acceptors (Lipinski definition) is 5. The lowest BCUT2D eigenvalue weighted by Crippen LogP contribution is -2.10. The van der Waals surface area contributed by atoms with Gasteiger partial charge in [-0.1, -0.05) is 24.3 Å². The number of ether oxygens (including phenoxy) is 1. The molecule has 0 saturated heterocycles. The van der Waals surface area contributed by atoms with Crippen molar-refractivity contribution in [3.05, 3.63) is 101 Å². The Morgan fingerprint density at radius 1 is 0.586 bits per heavy atom. The number of ketones is 1. The van der Waals surface area contributed by atoms with Crippen LogP contribution in [0.25, 0.3) is 0 Å². The summed E-state index contributed by atoms with van der Waals surface area (Å²) in [6.45, 7) is 0. The summed E-state index contributed by atoms with van der Waals surface area (Å²) in [6.07, 6.45) is 0. The van der Waals surface area contributed by atoms with Gasteiger partial charge in [0.25, 0.3) is 0 Å². The molecule has 2 N–H and O–H groups in total. The largest absolute Gasteiger partial charge is 0.478 e. The molecule has 3 rings (SSSR count). The second-order valence-corrected chi connectivity index (χ2v) is 6.01. The van der Waals surface area contributed by atoms with E-state index < -0.39 is 17.9 Å². The van der Waals surface area contributed by atoms with Crippen molar-refractivity contribution in [1.82, 2.24) is 0 Å². The molecular formula is C22H14O7. The number of carbonyl (C=O) groups excluding carboxylic acids is 2. The van der Waals surface area contributed by atoms with Gasteiger partial charge < -0.3 is 14.9 Å². The van der Waals surface area contributed by atoms with Gasteiger partial charge in [0.15, 0.2) is 5.78 Å². The van der Waals surface area contributed by atoms with Crippen LogP contribution in [0.1, 0.15) is 47.0 Å². The van der Waals surface area contributed by atoms with Gasteiger partial charge in [-0.25, -0.2) is 14.4 Å².